The molecule has 0 amide bonds. The molecule has 0 radical (unpaired) electrons. The molecule has 3 aromatic rings. The Hall–Kier alpha value is -2.91. The van der Waals surface area contributed by atoms with E-state index >= 15 is 0 Å². The molecule has 1 aromatic carbocycles. The van der Waals surface area contributed by atoms with Gasteiger partial charge in [0.05, 0.1) is 30.7 Å². The van der Waals surface area contributed by atoms with Crippen LogP contribution in [0.4, 0.5) is 0 Å². The summed E-state index contributed by atoms with van der Waals surface area (Å²) in [5.41, 5.74) is 3.39. The SMILES string of the molecule is COc1ccc(-c2nnc(S[C@@H](C)C(=O)c3[nH]c(C)c(C(C)=O)c3C)n2C[C@H]2CCCO2)cc1. The summed E-state index contributed by atoms with van der Waals surface area (Å²) < 4.78 is 13.2. The maximum absolute atomic E-state index is 13.3. The first kappa shape index (κ1) is 24.2. The third-order valence-electron chi connectivity index (χ3n) is 6.16. The molecular weight excluding hydrogens is 452 g/mol. The summed E-state index contributed by atoms with van der Waals surface area (Å²) in [6.45, 7) is 8.38. The number of nitrogens with one attached hydrogen (secondary N) is 1. The second-order valence-electron chi connectivity index (χ2n) is 8.59. The first-order valence-corrected chi connectivity index (χ1v) is 12.3. The van der Waals surface area contributed by atoms with Gasteiger partial charge in [0.15, 0.2) is 22.5 Å². The molecule has 0 saturated carbocycles. The number of Topliss-reactive ketones (excluding diaryl/α,β-unsaturated/α-hetero) is 2. The number of rotatable bonds is 9. The number of H-pyrrole nitrogens is 1. The molecule has 2 atom stereocenters. The highest BCUT2D eigenvalue weighted by molar-refractivity contribution is 8.00. The van der Waals surface area contributed by atoms with Crippen molar-refractivity contribution in [3.8, 4) is 17.1 Å². The van der Waals surface area contributed by atoms with Crippen LogP contribution >= 0.6 is 11.8 Å². The lowest BCUT2D eigenvalue weighted by atomic mass is 10.0. The van der Waals surface area contributed by atoms with Crippen molar-refractivity contribution in [2.24, 2.45) is 0 Å². The van der Waals surface area contributed by atoms with Crippen LogP contribution in [0, 0.1) is 13.8 Å². The van der Waals surface area contributed by atoms with Crippen molar-refractivity contribution in [3.63, 3.8) is 0 Å². The fourth-order valence-corrected chi connectivity index (χ4v) is 5.34. The minimum atomic E-state index is -0.423. The number of carbonyl (C=O) groups excluding carboxylic acids is 2. The van der Waals surface area contributed by atoms with Crippen molar-refractivity contribution in [2.45, 2.75) is 63.6 Å². The third-order valence-corrected chi connectivity index (χ3v) is 7.24. The number of thioether (sulfide) groups is 1. The number of hydrogen-bond acceptors (Lipinski definition) is 7. The molecule has 1 saturated heterocycles. The largest absolute Gasteiger partial charge is 0.497 e. The van der Waals surface area contributed by atoms with Gasteiger partial charge in [-0.3, -0.25) is 14.2 Å². The Labute approximate surface area is 203 Å². The number of benzene rings is 1. The van der Waals surface area contributed by atoms with E-state index in [0.717, 1.165) is 36.6 Å². The van der Waals surface area contributed by atoms with E-state index in [0.29, 0.717) is 34.2 Å². The molecule has 0 bridgehead atoms. The van der Waals surface area contributed by atoms with Crippen molar-refractivity contribution >= 4 is 23.3 Å². The fraction of sp³-hybridized carbons (Fsp3) is 0.440. The lowest BCUT2D eigenvalue weighted by Gasteiger charge is -2.16. The van der Waals surface area contributed by atoms with Gasteiger partial charge in [0, 0.05) is 23.4 Å². The molecule has 1 N–H and O–H groups in total. The molecule has 1 aliphatic heterocycles. The van der Waals surface area contributed by atoms with Gasteiger partial charge in [0.1, 0.15) is 5.75 Å². The molecule has 180 valence electrons. The molecule has 0 aliphatic carbocycles. The van der Waals surface area contributed by atoms with Crippen LogP contribution in [0.2, 0.25) is 0 Å². The van der Waals surface area contributed by atoms with E-state index in [4.69, 9.17) is 9.47 Å². The lowest BCUT2D eigenvalue weighted by Crippen LogP contribution is -2.19. The molecular formula is C25H30N4O4S. The van der Waals surface area contributed by atoms with Gasteiger partial charge >= 0.3 is 0 Å². The van der Waals surface area contributed by atoms with Crippen LogP contribution in [-0.4, -0.2) is 56.4 Å². The Morgan fingerprint density at radius 3 is 2.59 bits per heavy atom. The van der Waals surface area contributed by atoms with Gasteiger partial charge in [-0.05, 0) is 70.4 Å². The van der Waals surface area contributed by atoms with Crippen LogP contribution in [-0.2, 0) is 11.3 Å². The number of nitrogens with zero attached hydrogens (tertiary/aromatic N) is 3. The molecule has 9 heteroatoms. The van der Waals surface area contributed by atoms with E-state index in [2.05, 4.69) is 15.2 Å². The topological polar surface area (TPSA) is 99.1 Å². The Kier molecular flexibility index (Phi) is 7.23. The highest BCUT2D eigenvalue weighted by Gasteiger charge is 2.28. The minimum absolute atomic E-state index is 0.0500. The van der Waals surface area contributed by atoms with Crippen LogP contribution in [0.25, 0.3) is 11.4 Å². The van der Waals surface area contributed by atoms with Crippen LogP contribution in [0.5, 0.6) is 5.75 Å². The highest BCUT2D eigenvalue weighted by atomic mass is 32.2. The van der Waals surface area contributed by atoms with E-state index < -0.39 is 5.25 Å². The summed E-state index contributed by atoms with van der Waals surface area (Å²) in [4.78, 5) is 28.4. The van der Waals surface area contributed by atoms with Gasteiger partial charge in [-0.15, -0.1) is 10.2 Å². The molecule has 4 rings (SSSR count). The molecule has 2 aromatic heterocycles. The number of aromatic nitrogens is 4. The summed E-state index contributed by atoms with van der Waals surface area (Å²) in [7, 11) is 1.63. The van der Waals surface area contributed by atoms with Crippen molar-refractivity contribution in [2.75, 3.05) is 13.7 Å². The predicted molar refractivity (Wildman–Crippen MR) is 131 cm³/mol. The number of ketones is 2. The summed E-state index contributed by atoms with van der Waals surface area (Å²) in [6, 6.07) is 7.68. The van der Waals surface area contributed by atoms with Crippen molar-refractivity contribution in [1.82, 2.24) is 19.7 Å². The minimum Gasteiger partial charge on any atom is -0.497 e. The number of ether oxygens (including phenoxy) is 2. The average Bonchev–Trinajstić information content (AvgIpc) is 3.54. The van der Waals surface area contributed by atoms with E-state index in [1.165, 1.54) is 18.7 Å². The maximum Gasteiger partial charge on any atom is 0.192 e. The zero-order chi connectivity index (χ0) is 24.4. The quantitative estimate of drug-likeness (QED) is 0.350. The molecule has 34 heavy (non-hydrogen) atoms. The number of methoxy groups -OCH3 is 1. The number of aryl methyl sites for hydroxylation is 1. The first-order valence-electron chi connectivity index (χ1n) is 11.4. The Bertz CT molecular complexity index is 1190. The molecule has 0 unspecified atom stereocenters. The number of carbonyl (C=O) groups is 2. The molecule has 0 spiro atoms. The zero-order valence-corrected chi connectivity index (χ0v) is 21.0. The monoisotopic (exact) mass is 482 g/mol. The smallest absolute Gasteiger partial charge is 0.192 e. The van der Waals surface area contributed by atoms with Gasteiger partial charge in [0.2, 0.25) is 0 Å². The summed E-state index contributed by atoms with van der Waals surface area (Å²) in [6.07, 6.45) is 2.10. The van der Waals surface area contributed by atoms with Crippen molar-refractivity contribution in [3.05, 3.63) is 46.8 Å². The molecule has 1 aliphatic rings. The van der Waals surface area contributed by atoms with Crippen LogP contribution in [0.3, 0.4) is 0 Å². The summed E-state index contributed by atoms with van der Waals surface area (Å²) in [5.74, 6) is 1.37. The van der Waals surface area contributed by atoms with Crippen LogP contribution in [0.1, 0.15) is 58.8 Å². The van der Waals surface area contributed by atoms with E-state index in [-0.39, 0.29) is 17.7 Å². The Balaban J connectivity index is 1.63. The molecule has 1 fully saturated rings. The molecule has 8 nitrogen and oxygen atoms in total. The maximum atomic E-state index is 13.3. The van der Waals surface area contributed by atoms with E-state index in [1.54, 1.807) is 7.11 Å². The van der Waals surface area contributed by atoms with Crippen molar-refractivity contribution < 1.29 is 19.1 Å². The Morgan fingerprint density at radius 2 is 2.00 bits per heavy atom. The lowest BCUT2D eigenvalue weighted by molar-refractivity contribution is 0.0953. The number of hydrogen-bond donors (Lipinski definition) is 1. The van der Waals surface area contributed by atoms with Crippen molar-refractivity contribution in [1.29, 1.82) is 0 Å². The molecule has 3 heterocycles. The fourth-order valence-electron chi connectivity index (χ4n) is 4.43. The Morgan fingerprint density at radius 1 is 1.26 bits per heavy atom. The van der Waals surface area contributed by atoms with Gasteiger partial charge in [-0.2, -0.15) is 0 Å². The average molecular weight is 483 g/mol. The van der Waals surface area contributed by atoms with E-state index in [9.17, 15) is 9.59 Å². The normalized spacial score (nSPS) is 16.6. The van der Waals surface area contributed by atoms with Gasteiger partial charge in [-0.1, -0.05) is 11.8 Å². The van der Waals surface area contributed by atoms with E-state index in [1.807, 2.05) is 49.6 Å². The second kappa shape index (κ2) is 10.1. The third kappa shape index (κ3) is 4.81. The standard InChI is InChI=1S/C25H30N4O4S/c1-14-21(16(3)30)15(2)26-22(14)23(31)17(4)34-25-28-27-24(18-8-10-19(32-5)11-9-18)29(25)13-20-7-6-12-33-20/h8-11,17,20,26H,6-7,12-13H2,1-5H3/t17-,20+/m0/s1. The summed E-state index contributed by atoms with van der Waals surface area (Å²) >= 11 is 1.37. The van der Waals surface area contributed by atoms with Crippen LogP contribution in [0.15, 0.2) is 29.4 Å². The van der Waals surface area contributed by atoms with Gasteiger partial charge < -0.3 is 14.5 Å². The summed E-state index contributed by atoms with van der Waals surface area (Å²) in [5, 5.41) is 9.14. The van der Waals surface area contributed by atoms with Gasteiger partial charge in [0.25, 0.3) is 0 Å². The first-order chi connectivity index (χ1) is 16.3. The van der Waals surface area contributed by atoms with Crippen LogP contribution < -0.4 is 4.74 Å². The predicted octanol–water partition coefficient (Wildman–Crippen LogP) is 4.64. The second-order valence-corrected chi connectivity index (χ2v) is 9.89. The van der Waals surface area contributed by atoms with Gasteiger partial charge in [-0.25, -0.2) is 0 Å². The zero-order valence-electron chi connectivity index (χ0n) is 20.2. The number of aromatic amines is 1. The highest BCUT2D eigenvalue weighted by Crippen LogP contribution is 2.31.